The Labute approximate surface area is 190 Å². The Bertz CT molecular complexity index is 1000. The number of carbonyl (C=O) groups is 1. The van der Waals surface area contributed by atoms with Crippen molar-refractivity contribution in [3.8, 4) is 0 Å². The molecule has 0 unspecified atom stereocenters. The topological polar surface area (TPSA) is 64.6 Å². The molecule has 32 heavy (non-hydrogen) atoms. The monoisotopic (exact) mass is 451 g/mol. The van der Waals surface area contributed by atoms with Gasteiger partial charge in [0, 0.05) is 5.69 Å². The number of anilines is 1. The van der Waals surface area contributed by atoms with E-state index in [0.29, 0.717) is 18.9 Å². The van der Waals surface area contributed by atoms with E-state index in [1.54, 1.807) is 13.8 Å². The lowest BCUT2D eigenvalue weighted by Gasteiger charge is -2.29. The minimum absolute atomic E-state index is 0.128. The SMILES string of the molecule is CCOP(=O)(Cc1ccc(NC(=O)C(C)(c2ccccc2)c2ccccc2)cc1)OCC. The van der Waals surface area contributed by atoms with E-state index in [0.717, 1.165) is 16.7 Å². The lowest BCUT2D eigenvalue weighted by molar-refractivity contribution is -0.119. The molecule has 0 spiro atoms. The Morgan fingerprint density at radius 1 is 0.812 bits per heavy atom. The van der Waals surface area contributed by atoms with Gasteiger partial charge in [0.1, 0.15) is 0 Å². The fraction of sp³-hybridized carbons (Fsp3) is 0.269. The molecule has 0 atom stereocenters. The van der Waals surface area contributed by atoms with Gasteiger partial charge in [-0.2, -0.15) is 0 Å². The van der Waals surface area contributed by atoms with Crippen LogP contribution in [0.15, 0.2) is 84.9 Å². The Kier molecular flexibility index (Phi) is 8.03. The molecule has 0 aliphatic carbocycles. The highest BCUT2D eigenvalue weighted by Crippen LogP contribution is 2.51. The molecule has 168 valence electrons. The van der Waals surface area contributed by atoms with Gasteiger partial charge in [-0.1, -0.05) is 72.8 Å². The second-order valence-electron chi connectivity index (χ2n) is 7.61. The van der Waals surface area contributed by atoms with Crippen LogP contribution in [0.25, 0.3) is 0 Å². The second-order valence-corrected chi connectivity index (χ2v) is 9.67. The van der Waals surface area contributed by atoms with Crippen molar-refractivity contribution in [2.24, 2.45) is 0 Å². The molecule has 1 N–H and O–H groups in total. The highest BCUT2D eigenvalue weighted by atomic mass is 31.2. The number of carbonyl (C=O) groups excluding carboxylic acids is 1. The standard InChI is InChI=1S/C26H30NO4P/c1-4-30-32(29,31-5-2)20-21-16-18-24(19-17-21)27-25(28)26(3,22-12-8-6-9-13-22)23-14-10-7-11-15-23/h6-19H,4-5,20H2,1-3H3,(H,27,28). The molecular weight excluding hydrogens is 421 g/mol. The molecule has 5 nitrogen and oxygen atoms in total. The minimum Gasteiger partial charge on any atom is -0.325 e. The van der Waals surface area contributed by atoms with Crippen LogP contribution in [-0.4, -0.2) is 19.1 Å². The van der Waals surface area contributed by atoms with Crippen molar-refractivity contribution in [2.75, 3.05) is 18.5 Å². The molecule has 6 heteroatoms. The van der Waals surface area contributed by atoms with Crippen LogP contribution < -0.4 is 5.32 Å². The lowest BCUT2D eigenvalue weighted by Crippen LogP contribution is -2.38. The van der Waals surface area contributed by atoms with Crippen molar-refractivity contribution in [3.05, 3.63) is 102 Å². The van der Waals surface area contributed by atoms with Crippen molar-refractivity contribution in [2.45, 2.75) is 32.3 Å². The van der Waals surface area contributed by atoms with Gasteiger partial charge in [0.15, 0.2) is 0 Å². The first-order valence-electron chi connectivity index (χ1n) is 10.8. The molecule has 0 aliphatic heterocycles. The Morgan fingerprint density at radius 2 is 1.28 bits per heavy atom. The van der Waals surface area contributed by atoms with Gasteiger partial charge in [0.05, 0.1) is 24.8 Å². The molecule has 0 radical (unpaired) electrons. The van der Waals surface area contributed by atoms with Crippen molar-refractivity contribution in [3.63, 3.8) is 0 Å². The van der Waals surface area contributed by atoms with Crippen LogP contribution in [0.5, 0.6) is 0 Å². The van der Waals surface area contributed by atoms with E-state index in [1.165, 1.54) is 0 Å². The fourth-order valence-corrected chi connectivity index (χ4v) is 5.37. The average molecular weight is 452 g/mol. The summed E-state index contributed by atoms with van der Waals surface area (Å²) in [5.41, 5.74) is 2.45. The highest BCUT2D eigenvalue weighted by Gasteiger charge is 2.37. The second kappa shape index (κ2) is 10.7. The third-order valence-corrected chi connectivity index (χ3v) is 7.45. The van der Waals surface area contributed by atoms with Gasteiger partial charge in [-0.25, -0.2) is 0 Å². The largest absolute Gasteiger partial charge is 0.335 e. The summed E-state index contributed by atoms with van der Waals surface area (Å²) in [5, 5.41) is 3.05. The first-order chi connectivity index (χ1) is 15.4. The van der Waals surface area contributed by atoms with Gasteiger partial charge in [-0.15, -0.1) is 0 Å². The predicted octanol–water partition coefficient (Wildman–Crippen LogP) is 6.40. The molecule has 0 saturated carbocycles. The normalized spacial score (nSPS) is 11.8. The van der Waals surface area contributed by atoms with Gasteiger partial charge in [-0.3, -0.25) is 9.36 Å². The van der Waals surface area contributed by atoms with E-state index in [-0.39, 0.29) is 12.1 Å². The summed E-state index contributed by atoms with van der Waals surface area (Å²) in [7, 11) is -3.18. The average Bonchev–Trinajstić information content (AvgIpc) is 2.81. The number of benzene rings is 3. The number of hydrogen-bond acceptors (Lipinski definition) is 4. The molecule has 1 amide bonds. The van der Waals surface area contributed by atoms with E-state index >= 15 is 0 Å². The van der Waals surface area contributed by atoms with Crippen LogP contribution in [0.2, 0.25) is 0 Å². The maximum Gasteiger partial charge on any atom is 0.335 e. The molecule has 0 saturated heterocycles. The summed E-state index contributed by atoms with van der Waals surface area (Å²) in [6.45, 7) is 6.16. The van der Waals surface area contributed by atoms with Crippen molar-refractivity contribution < 1.29 is 18.4 Å². The Morgan fingerprint density at radius 3 is 1.72 bits per heavy atom. The van der Waals surface area contributed by atoms with E-state index < -0.39 is 13.0 Å². The van der Waals surface area contributed by atoms with Gasteiger partial charge in [-0.05, 0) is 49.6 Å². The zero-order valence-corrected chi connectivity index (χ0v) is 19.7. The molecule has 0 bridgehead atoms. The third-order valence-electron chi connectivity index (χ3n) is 5.40. The van der Waals surface area contributed by atoms with Crippen molar-refractivity contribution in [1.82, 2.24) is 0 Å². The molecule has 0 fully saturated rings. The quantitative estimate of drug-likeness (QED) is 0.363. The lowest BCUT2D eigenvalue weighted by atomic mass is 9.75. The molecule has 3 rings (SSSR count). The zero-order chi connectivity index (χ0) is 23.0. The third kappa shape index (κ3) is 5.55. The maximum atomic E-state index is 13.5. The summed E-state index contributed by atoms with van der Waals surface area (Å²) in [5.74, 6) is -0.128. The van der Waals surface area contributed by atoms with Gasteiger partial charge < -0.3 is 14.4 Å². The van der Waals surface area contributed by atoms with Crippen LogP contribution in [0.4, 0.5) is 5.69 Å². The van der Waals surface area contributed by atoms with Crippen molar-refractivity contribution >= 4 is 19.2 Å². The number of hydrogen-bond donors (Lipinski definition) is 1. The molecule has 3 aromatic rings. The molecule has 0 aliphatic rings. The number of amides is 1. The van der Waals surface area contributed by atoms with Crippen LogP contribution in [-0.2, 0) is 30.0 Å². The highest BCUT2D eigenvalue weighted by molar-refractivity contribution is 7.53. The summed E-state index contributed by atoms with van der Waals surface area (Å²) < 4.78 is 23.5. The number of rotatable bonds is 10. The summed E-state index contributed by atoms with van der Waals surface area (Å²) in [6, 6.07) is 26.8. The molecule has 3 aromatic carbocycles. The van der Waals surface area contributed by atoms with Crippen LogP contribution in [0, 0.1) is 0 Å². The maximum absolute atomic E-state index is 13.5. The Hall–Kier alpha value is -2.72. The number of nitrogens with one attached hydrogen (secondary N) is 1. The van der Waals surface area contributed by atoms with Crippen LogP contribution in [0.3, 0.4) is 0 Å². The predicted molar refractivity (Wildman–Crippen MR) is 129 cm³/mol. The zero-order valence-electron chi connectivity index (χ0n) is 18.8. The summed E-state index contributed by atoms with van der Waals surface area (Å²) in [6.07, 6.45) is 0.189. The van der Waals surface area contributed by atoms with E-state index in [4.69, 9.17) is 9.05 Å². The first-order valence-corrected chi connectivity index (χ1v) is 12.5. The van der Waals surface area contributed by atoms with Crippen LogP contribution >= 0.6 is 7.60 Å². The molecule has 0 aromatic heterocycles. The van der Waals surface area contributed by atoms with Gasteiger partial charge >= 0.3 is 7.60 Å². The van der Waals surface area contributed by atoms with Gasteiger partial charge in [0.25, 0.3) is 0 Å². The van der Waals surface area contributed by atoms with Gasteiger partial charge in [0.2, 0.25) is 5.91 Å². The molecule has 0 heterocycles. The molecular formula is C26H30NO4P. The minimum atomic E-state index is -3.18. The van der Waals surface area contributed by atoms with E-state index in [9.17, 15) is 9.36 Å². The summed E-state index contributed by atoms with van der Waals surface area (Å²) in [4.78, 5) is 13.5. The Balaban J connectivity index is 1.82. The van der Waals surface area contributed by atoms with Crippen molar-refractivity contribution in [1.29, 1.82) is 0 Å². The first kappa shape index (κ1) is 23.9. The van der Waals surface area contributed by atoms with Crippen LogP contribution in [0.1, 0.15) is 37.5 Å². The summed E-state index contributed by atoms with van der Waals surface area (Å²) >= 11 is 0. The smallest absolute Gasteiger partial charge is 0.325 e. The van der Waals surface area contributed by atoms with E-state index in [2.05, 4.69) is 5.32 Å². The fourth-order valence-electron chi connectivity index (χ4n) is 3.67. The van der Waals surface area contributed by atoms with E-state index in [1.807, 2.05) is 91.9 Å².